The highest BCUT2D eigenvalue weighted by Gasteiger charge is 2.19. The van der Waals surface area contributed by atoms with Crippen molar-refractivity contribution in [2.45, 2.75) is 51.7 Å². The number of nitrogens with one attached hydrogen (secondary N) is 1. The van der Waals surface area contributed by atoms with Gasteiger partial charge >= 0.3 is 0 Å². The zero-order valence-corrected chi connectivity index (χ0v) is 17.6. The van der Waals surface area contributed by atoms with Gasteiger partial charge in [0.2, 0.25) is 5.91 Å². The Balaban J connectivity index is 1.33. The Kier molecular flexibility index (Phi) is 6.42. The van der Waals surface area contributed by atoms with E-state index in [0.717, 1.165) is 29.6 Å². The maximum Gasteiger partial charge on any atom is 0.226 e. The average Bonchev–Trinajstić information content (AvgIpc) is 3.41. The number of aromatic nitrogens is 1. The monoisotopic (exact) mass is 409 g/mol. The van der Waals surface area contributed by atoms with Gasteiger partial charge in [-0.15, -0.1) is 11.3 Å². The second kappa shape index (κ2) is 9.37. The first kappa shape index (κ1) is 19.9. The van der Waals surface area contributed by atoms with E-state index in [1.807, 2.05) is 23.6 Å². The Bertz CT molecular complexity index is 935. The van der Waals surface area contributed by atoms with Crippen LogP contribution in [0.3, 0.4) is 0 Å². The first-order valence-corrected chi connectivity index (χ1v) is 11.1. The molecule has 0 unspecified atom stereocenters. The van der Waals surface area contributed by atoms with Gasteiger partial charge in [0, 0.05) is 24.5 Å². The molecule has 0 aliphatic carbocycles. The maximum absolute atomic E-state index is 12.5. The van der Waals surface area contributed by atoms with E-state index in [1.165, 1.54) is 41.7 Å². The number of benzene rings is 1. The third-order valence-corrected chi connectivity index (χ3v) is 6.44. The van der Waals surface area contributed by atoms with Gasteiger partial charge in [-0.25, -0.2) is 4.98 Å². The molecule has 0 saturated carbocycles. The molecule has 6 heteroatoms. The van der Waals surface area contributed by atoms with E-state index >= 15 is 0 Å². The first-order valence-electron chi connectivity index (χ1n) is 10.2. The summed E-state index contributed by atoms with van der Waals surface area (Å²) in [4.78, 5) is 19.5. The number of carbonyl (C=O) groups excluding carboxylic acids is 1. The summed E-state index contributed by atoms with van der Waals surface area (Å²) >= 11 is 1.50. The van der Waals surface area contributed by atoms with Crippen LogP contribution in [0, 0.1) is 0 Å². The van der Waals surface area contributed by atoms with Crippen LogP contribution < -0.4 is 5.32 Å². The molecule has 1 N–H and O–H groups in total. The number of furan rings is 1. The molecule has 1 aromatic carbocycles. The van der Waals surface area contributed by atoms with Gasteiger partial charge in [0.1, 0.15) is 0 Å². The largest absolute Gasteiger partial charge is 0.462 e. The van der Waals surface area contributed by atoms with Crippen molar-refractivity contribution < 1.29 is 9.21 Å². The van der Waals surface area contributed by atoms with E-state index in [0.29, 0.717) is 12.6 Å². The van der Waals surface area contributed by atoms with Crippen LogP contribution in [0.4, 0.5) is 0 Å². The first-order chi connectivity index (χ1) is 14.2. The molecule has 4 rings (SSSR count). The molecule has 5 nitrogen and oxygen atoms in total. The highest BCUT2D eigenvalue weighted by Crippen LogP contribution is 2.24. The van der Waals surface area contributed by atoms with E-state index < -0.39 is 0 Å². The van der Waals surface area contributed by atoms with Crippen LogP contribution in [0.1, 0.15) is 43.0 Å². The second-order valence-electron chi connectivity index (χ2n) is 7.66. The van der Waals surface area contributed by atoms with Gasteiger partial charge in [0.15, 0.2) is 10.8 Å². The second-order valence-corrected chi connectivity index (χ2v) is 8.52. The summed E-state index contributed by atoms with van der Waals surface area (Å²) < 4.78 is 5.37. The minimum atomic E-state index is -0.0116. The van der Waals surface area contributed by atoms with Crippen molar-refractivity contribution in [2.75, 3.05) is 6.54 Å². The van der Waals surface area contributed by atoms with Crippen molar-refractivity contribution in [3.63, 3.8) is 0 Å². The lowest BCUT2D eigenvalue weighted by molar-refractivity contribution is -0.120. The molecule has 29 heavy (non-hydrogen) atoms. The molecule has 1 atom stereocenters. The smallest absolute Gasteiger partial charge is 0.226 e. The fourth-order valence-electron chi connectivity index (χ4n) is 3.82. The van der Waals surface area contributed by atoms with Crippen LogP contribution >= 0.6 is 11.3 Å². The molecular weight excluding hydrogens is 382 g/mol. The van der Waals surface area contributed by atoms with Gasteiger partial charge in [0.25, 0.3) is 0 Å². The van der Waals surface area contributed by atoms with Crippen LogP contribution in [0.15, 0.2) is 52.5 Å². The third-order valence-electron chi connectivity index (χ3n) is 5.53. The van der Waals surface area contributed by atoms with Gasteiger partial charge in [0.05, 0.1) is 18.4 Å². The molecule has 1 aliphatic heterocycles. The van der Waals surface area contributed by atoms with E-state index in [4.69, 9.17) is 4.42 Å². The predicted molar refractivity (Wildman–Crippen MR) is 116 cm³/mol. The Labute approximate surface area is 175 Å². The molecular formula is C23H27N3O2S. The minimum Gasteiger partial charge on any atom is -0.462 e. The number of amides is 1. The number of carbonyl (C=O) groups is 1. The lowest BCUT2D eigenvalue weighted by atomic mass is 10.0. The number of nitrogens with zero attached hydrogens (tertiary/aromatic N) is 2. The van der Waals surface area contributed by atoms with Crippen molar-refractivity contribution in [3.8, 4) is 10.8 Å². The van der Waals surface area contributed by atoms with Crippen molar-refractivity contribution in [2.24, 2.45) is 0 Å². The molecule has 0 radical (unpaired) electrons. The number of hydrogen-bond acceptors (Lipinski definition) is 5. The molecule has 3 heterocycles. The van der Waals surface area contributed by atoms with Crippen molar-refractivity contribution in [3.05, 3.63) is 64.9 Å². The summed E-state index contributed by atoms with van der Waals surface area (Å²) in [6.45, 7) is 4.97. The average molecular weight is 410 g/mol. The summed E-state index contributed by atoms with van der Waals surface area (Å²) in [6, 6.07) is 12.8. The lowest BCUT2D eigenvalue weighted by Crippen LogP contribution is -2.37. The molecule has 3 aromatic rings. The highest BCUT2D eigenvalue weighted by atomic mass is 32.1. The van der Waals surface area contributed by atoms with Crippen LogP contribution in [0.5, 0.6) is 0 Å². The van der Waals surface area contributed by atoms with Crippen LogP contribution in [0.2, 0.25) is 0 Å². The number of piperidine rings is 1. The standard InChI is InChI=1S/C23H27N3O2S/c1-17-7-4-5-11-26(17)15-19-9-3-2-8-18(19)14-24-22(27)13-20-16-29-23(25-20)21-10-6-12-28-21/h2-3,6,8-10,12,16-17H,4-5,7,11,13-15H2,1H3,(H,24,27)/t17-/m0/s1. The molecule has 1 fully saturated rings. The van der Waals surface area contributed by atoms with Gasteiger partial charge in [-0.2, -0.15) is 0 Å². The third kappa shape index (κ3) is 5.14. The van der Waals surface area contributed by atoms with Crippen molar-refractivity contribution in [1.29, 1.82) is 0 Å². The number of likely N-dealkylation sites (tertiary alicyclic amines) is 1. The van der Waals surface area contributed by atoms with Crippen molar-refractivity contribution in [1.82, 2.24) is 15.2 Å². The van der Waals surface area contributed by atoms with Gasteiger partial charge in [-0.3, -0.25) is 9.69 Å². The predicted octanol–water partition coefficient (Wildman–Crippen LogP) is 4.64. The summed E-state index contributed by atoms with van der Waals surface area (Å²) in [5.41, 5.74) is 3.26. The minimum absolute atomic E-state index is 0.0116. The van der Waals surface area contributed by atoms with E-state index in [1.54, 1.807) is 6.26 Å². The SMILES string of the molecule is C[C@H]1CCCCN1Cc1ccccc1CNC(=O)Cc1csc(-c2ccco2)n1. The van der Waals surface area contributed by atoms with E-state index in [9.17, 15) is 4.79 Å². The molecule has 1 amide bonds. The van der Waals surface area contributed by atoms with Crippen molar-refractivity contribution >= 4 is 17.2 Å². The Morgan fingerprint density at radius 1 is 1.24 bits per heavy atom. The van der Waals surface area contributed by atoms with Crippen LogP contribution in [-0.2, 0) is 24.3 Å². The fourth-order valence-corrected chi connectivity index (χ4v) is 4.60. The highest BCUT2D eigenvalue weighted by molar-refractivity contribution is 7.13. The Morgan fingerprint density at radius 3 is 2.90 bits per heavy atom. The van der Waals surface area contributed by atoms with Gasteiger partial charge in [-0.1, -0.05) is 30.7 Å². The van der Waals surface area contributed by atoms with E-state index in [2.05, 4.69) is 40.3 Å². The molecule has 0 spiro atoms. The summed E-state index contributed by atoms with van der Waals surface area (Å²) in [5.74, 6) is 0.727. The zero-order valence-electron chi connectivity index (χ0n) is 16.8. The summed E-state index contributed by atoms with van der Waals surface area (Å²) in [7, 11) is 0. The molecule has 0 bridgehead atoms. The van der Waals surface area contributed by atoms with E-state index in [-0.39, 0.29) is 12.3 Å². The van der Waals surface area contributed by atoms with Crippen LogP contribution in [0.25, 0.3) is 10.8 Å². The van der Waals surface area contributed by atoms with Gasteiger partial charge in [-0.05, 0) is 49.6 Å². The quantitative estimate of drug-likeness (QED) is 0.618. The number of thiazole rings is 1. The topological polar surface area (TPSA) is 58.4 Å². The number of rotatable bonds is 7. The Morgan fingerprint density at radius 2 is 2.10 bits per heavy atom. The van der Waals surface area contributed by atoms with Crippen LogP contribution in [-0.4, -0.2) is 28.4 Å². The normalized spacial score (nSPS) is 17.3. The molecule has 2 aromatic heterocycles. The molecule has 1 saturated heterocycles. The number of hydrogen-bond donors (Lipinski definition) is 1. The summed E-state index contributed by atoms with van der Waals surface area (Å²) in [6.07, 6.45) is 5.78. The lowest BCUT2D eigenvalue weighted by Gasteiger charge is -2.33. The summed E-state index contributed by atoms with van der Waals surface area (Å²) in [5, 5.41) is 5.79. The fraction of sp³-hybridized carbons (Fsp3) is 0.391. The molecule has 1 aliphatic rings. The van der Waals surface area contributed by atoms with Gasteiger partial charge < -0.3 is 9.73 Å². The maximum atomic E-state index is 12.5. The molecule has 152 valence electrons. The Hall–Kier alpha value is -2.44. The zero-order chi connectivity index (χ0) is 20.1.